The third-order valence-electron chi connectivity index (χ3n) is 4.41. The van der Waals surface area contributed by atoms with E-state index in [-0.39, 0.29) is 36.7 Å². The molecular formula is C22H18ClFN4O2S. The van der Waals surface area contributed by atoms with Crippen LogP contribution in [0.15, 0.2) is 65.1 Å². The molecule has 1 amide bonds. The molecule has 0 saturated heterocycles. The summed E-state index contributed by atoms with van der Waals surface area (Å²) in [7, 11) is 0. The SMILES string of the molecule is C=CCn1c(SCC(=O)N(CCC#N)c2ccc(F)cc2)nc2cc(Cl)ccc2c1=O. The smallest absolute Gasteiger partial charge is 0.262 e. The van der Waals surface area contributed by atoms with Gasteiger partial charge in [-0.25, -0.2) is 9.37 Å². The number of nitriles is 1. The molecule has 0 saturated carbocycles. The standard InChI is InChI=1S/C22H18ClFN4O2S/c1-2-11-28-21(30)18-9-4-15(23)13-19(18)26-22(28)31-14-20(29)27(12-3-10-25)17-7-5-16(24)6-8-17/h2,4-9,13H,1,3,11-12,14H2. The van der Waals surface area contributed by atoms with Crippen LogP contribution in [0.2, 0.25) is 5.02 Å². The van der Waals surface area contributed by atoms with E-state index in [9.17, 15) is 14.0 Å². The van der Waals surface area contributed by atoms with Crippen LogP contribution in [0.4, 0.5) is 10.1 Å². The van der Waals surface area contributed by atoms with Gasteiger partial charge in [-0.1, -0.05) is 29.4 Å². The number of carbonyl (C=O) groups excluding carboxylic acids is 1. The maximum atomic E-state index is 13.3. The lowest BCUT2D eigenvalue weighted by molar-refractivity contribution is -0.116. The van der Waals surface area contributed by atoms with Crippen molar-refractivity contribution >= 4 is 45.9 Å². The molecule has 0 aliphatic carbocycles. The van der Waals surface area contributed by atoms with Crippen LogP contribution in [-0.4, -0.2) is 27.8 Å². The fourth-order valence-electron chi connectivity index (χ4n) is 2.96. The normalized spacial score (nSPS) is 10.6. The van der Waals surface area contributed by atoms with Gasteiger partial charge in [0, 0.05) is 23.8 Å². The van der Waals surface area contributed by atoms with Crippen molar-refractivity contribution in [3.63, 3.8) is 0 Å². The first-order valence-electron chi connectivity index (χ1n) is 9.31. The van der Waals surface area contributed by atoms with Crippen LogP contribution in [0.25, 0.3) is 10.9 Å². The number of halogens is 2. The average molecular weight is 457 g/mol. The number of fused-ring (bicyclic) bond motifs is 1. The molecule has 2 aromatic carbocycles. The lowest BCUT2D eigenvalue weighted by Gasteiger charge is -2.22. The van der Waals surface area contributed by atoms with Crippen LogP contribution >= 0.6 is 23.4 Å². The molecule has 158 valence electrons. The van der Waals surface area contributed by atoms with Crippen LogP contribution in [0.5, 0.6) is 0 Å². The van der Waals surface area contributed by atoms with Crippen molar-refractivity contribution in [2.24, 2.45) is 0 Å². The van der Waals surface area contributed by atoms with Gasteiger partial charge in [0.1, 0.15) is 5.82 Å². The van der Waals surface area contributed by atoms with Gasteiger partial charge in [0.05, 0.1) is 29.1 Å². The monoisotopic (exact) mass is 456 g/mol. The van der Waals surface area contributed by atoms with Gasteiger partial charge in [0.15, 0.2) is 5.16 Å². The Balaban J connectivity index is 1.90. The summed E-state index contributed by atoms with van der Waals surface area (Å²) in [6, 6.07) is 12.3. The van der Waals surface area contributed by atoms with E-state index in [1.165, 1.54) is 33.7 Å². The Morgan fingerprint density at radius 2 is 2.06 bits per heavy atom. The van der Waals surface area contributed by atoms with Crippen molar-refractivity contribution in [3.8, 4) is 6.07 Å². The Kier molecular flexibility index (Phi) is 7.45. The molecule has 0 spiro atoms. The number of hydrogen-bond donors (Lipinski definition) is 0. The first-order valence-corrected chi connectivity index (χ1v) is 10.7. The second-order valence-corrected chi connectivity index (χ2v) is 7.86. The fraction of sp³-hybridized carbons (Fsp3) is 0.182. The minimum Gasteiger partial charge on any atom is -0.311 e. The van der Waals surface area contributed by atoms with Crippen molar-refractivity contribution in [2.45, 2.75) is 18.1 Å². The molecular weight excluding hydrogens is 439 g/mol. The first kappa shape index (κ1) is 22.5. The number of rotatable bonds is 8. The van der Waals surface area contributed by atoms with Crippen LogP contribution < -0.4 is 10.5 Å². The van der Waals surface area contributed by atoms with E-state index >= 15 is 0 Å². The highest BCUT2D eigenvalue weighted by atomic mass is 35.5. The van der Waals surface area contributed by atoms with Crippen molar-refractivity contribution in [2.75, 3.05) is 17.2 Å². The van der Waals surface area contributed by atoms with E-state index in [2.05, 4.69) is 11.6 Å². The Labute approximate surface area is 187 Å². The topological polar surface area (TPSA) is 79.0 Å². The second-order valence-electron chi connectivity index (χ2n) is 6.48. The minimum absolute atomic E-state index is 0.0293. The van der Waals surface area contributed by atoms with Crippen molar-refractivity contribution in [3.05, 3.63) is 76.3 Å². The van der Waals surface area contributed by atoms with Gasteiger partial charge < -0.3 is 4.90 Å². The lowest BCUT2D eigenvalue weighted by Crippen LogP contribution is -2.33. The van der Waals surface area contributed by atoms with E-state index in [4.69, 9.17) is 16.9 Å². The molecule has 31 heavy (non-hydrogen) atoms. The summed E-state index contributed by atoms with van der Waals surface area (Å²) >= 11 is 7.14. The summed E-state index contributed by atoms with van der Waals surface area (Å²) in [5.41, 5.74) is 0.674. The van der Waals surface area contributed by atoms with Crippen molar-refractivity contribution < 1.29 is 9.18 Å². The molecule has 0 bridgehead atoms. The number of anilines is 1. The summed E-state index contributed by atoms with van der Waals surface area (Å²) in [5, 5.41) is 10.1. The minimum atomic E-state index is -0.418. The number of benzene rings is 2. The Morgan fingerprint density at radius 3 is 2.74 bits per heavy atom. The molecule has 0 fully saturated rings. The van der Waals surface area contributed by atoms with Crippen LogP contribution in [-0.2, 0) is 11.3 Å². The third-order valence-corrected chi connectivity index (χ3v) is 5.60. The largest absolute Gasteiger partial charge is 0.311 e. The quantitative estimate of drug-likeness (QED) is 0.285. The van der Waals surface area contributed by atoms with E-state index < -0.39 is 5.82 Å². The third kappa shape index (κ3) is 5.32. The van der Waals surface area contributed by atoms with E-state index in [1.54, 1.807) is 24.3 Å². The predicted octanol–water partition coefficient (Wildman–Crippen LogP) is 4.41. The number of amides is 1. The van der Waals surface area contributed by atoms with Crippen LogP contribution in [0, 0.1) is 17.1 Å². The van der Waals surface area contributed by atoms with Gasteiger partial charge in [-0.2, -0.15) is 5.26 Å². The Bertz CT molecular complexity index is 1220. The summed E-state index contributed by atoms with van der Waals surface area (Å²) in [6.45, 7) is 4.08. The van der Waals surface area contributed by atoms with Gasteiger partial charge in [0.2, 0.25) is 5.91 Å². The Hall–Kier alpha value is -3.15. The zero-order chi connectivity index (χ0) is 22.4. The van der Waals surface area contributed by atoms with Gasteiger partial charge in [-0.05, 0) is 42.5 Å². The summed E-state index contributed by atoms with van der Waals surface area (Å²) < 4.78 is 14.7. The van der Waals surface area contributed by atoms with Crippen molar-refractivity contribution in [1.82, 2.24) is 9.55 Å². The zero-order valence-corrected chi connectivity index (χ0v) is 18.0. The molecule has 3 rings (SSSR count). The van der Waals surface area contributed by atoms with E-state index in [1.807, 2.05) is 6.07 Å². The zero-order valence-electron chi connectivity index (χ0n) is 16.4. The number of hydrogen-bond acceptors (Lipinski definition) is 5. The highest BCUT2D eigenvalue weighted by Crippen LogP contribution is 2.23. The highest BCUT2D eigenvalue weighted by Gasteiger charge is 2.18. The van der Waals surface area contributed by atoms with Gasteiger partial charge in [-0.3, -0.25) is 14.2 Å². The Morgan fingerprint density at radius 1 is 1.32 bits per heavy atom. The van der Waals surface area contributed by atoms with Gasteiger partial charge in [-0.15, -0.1) is 6.58 Å². The molecule has 1 aromatic heterocycles. The summed E-state index contributed by atoms with van der Waals surface area (Å²) in [4.78, 5) is 31.7. The summed E-state index contributed by atoms with van der Waals surface area (Å²) in [5.74, 6) is -0.742. The second kappa shape index (κ2) is 10.2. The van der Waals surface area contributed by atoms with E-state index in [0.717, 1.165) is 11.8 Å². The molecule has 0 aliphatic rings. The molecule has 0 unspecified atom stereocenters. The molecule has 1 heterocycles. The maximum absolute atomic E-state index is 13.3. The van der Waals surface area contributed by atoms with Crippen LogP contribution in [0.3, 0.4) is 0 Å². The molecule has 9 heteroatoms. The predicted molar refractivity (Wildman–Crippen MR) is 121 cm³/mol. The molecule has 0 N–H and O–H groups in total. The van der Waals surface area contributed by atoms with E-state index in [0.29, 0.717) is 26.8 Å². The number of allylic oxidation sites excluding steroid dienone is 1. The van der Waals surface area contributed by atoms with Crippen molar-refractivity contribution in [1.29, 1.82) is 5.26 Å². The number of nitrogens with zero attached hydrogens (tertiary/aromatic N) is 4. The molecule has 0 radical (unpaired) electrons. The number of thioether (sulfide) groups is 1. The van der Waals surface area contributed by atoms with Gasteiger partial charge in [0.25, 0.3) is 5.56 Å². The number of aromatic nitrogens is 2. The lowest BCUT2D eigenvalue weighted by atomic mass is 10.2. The average Bonchev–Trinajstić information content (AvgIpc) is 2.75. The molecule has 3 aromatic rings. The molecule has 6 nitrogen and oxygen atoms in total. The first-order chi connectivity index (χ1) is 14.9. The van der Waals surface area contributed by atoms with Gasteiger partial charge >= 0.3 is 0 Å². The highest BCUT2D eigenvalue weighted by molar-refractivity contribution is 7.99. The molecule has 0 atom stereocenters. The molecule has 0 aliphatic heterocycles. The fourth-order valence-corrected chi connectivity index (χ4v) is 4.01. The number of carbonyl (C=O) groups is 1. The van der Waals surface area contributed by atoms with Crippen LogP contribution in [0.1, 0.15) is 6.42 Å². The maximum Gasteiger partial charge on any atom is 0.262 e. The summed E-state index contributed by atoms with van der Waals surface area (Å²) in [6.07, 6.45) is 1.70.